The Bertz CT molecular complexity index is 1390. The second kappa shape index (κ2) is 8.29. The SMILES string of the molecule is CCCCC(c1c2ccccc2nc2ccccc12)c1c2ccccc2nc2ccccc12. The monoisotopic (exact) mass is 426 g/mol. The van der Waals surface area contributed by atoms with E-state index in [2.05, 4.69) is 104 Å². The summed E-state index contributed by atoms with van der Waals surface area (Å²) in [6.45, 7) is 2.28. The van der Waals surface area contributed by atoms with Crippen LogP contribution in [0.15, 0.2) is 97.1 Å². The minimum absolute atomic E-state index is 0.251. The fourth-order valence-electron chi connectivity index (χ4n) is 5.34. The zero-order valence-corrected chi connectivity index (χ0v) is 18.8. The molecule has 0 saturated carbocycles. The molecular weight excluding hydrogens is 400 g/mol. The molecular formula is C31H26N2. The average Bonchev–Trinajstić information content (AvgIpc) is 2.87. The molecule has 0 atom stereocenters. The van der Waals surface area contributed by atoms with Gasteiger partial charge >= 0.3 is 0 Å². The van der Waals surface area contributed by atoms with Crippen LogP contribution in [0.4, 0.5) is 0 Å². The Morgan fingerprint density at radius 2 is 0.848 bits per heavy atom. The molecule has 0 aliphatic rings. The maximum Gasteiger partial charge on any atom is 0.0712 e. The zero-order chi connectivity index (χ0) is 22.2. The van der Waals surface area contributed by atoms with Crippen LogP contribution in [-0.2, 0) is 0 Å². The van der Waals surface area contributed by atoms with Crippen LogP contribution in [0, 0.1) is 0 Å². The summed E-state index contributed by atoms with van der Waals surface area (Å²) in [5, 5.41) is 5.01. The quantitative estimate of drug-likeness (QED) is 0.259. The maximum atomic E-state index is 5.01. The molecule has 0 aliphatic heterocycles. The Morgan fingerprint density at radius 3 is 1.18 bits per heavy atom. The van der Waals surface area contributed by atoms with E-state index in [1.54, 1.807) is 0 Å². The van der Waals surface area contributed by atoms with E-state index < -0.39 is 0 Å². The third-order valence-corrected chi connectivity index (χ3v) is 6.80. The lowest BCUT2D eigenvalue weighted by atomic mass is 9.80. The number of aromatic nitrogens is 2. The second-order valence-corrected chi connectivity index (χ2v) is 8.81. The Kier molecular flexibility index (Phi) is 4.99. The highest BCUT2D eigenvalue weighted by molar-refractivity contribution is 6.03. The predicted octanol–water partition coefficient (Wildman–Crippen LogP) is 8.41. The summed E-state index contributed by atoms with van der Waals surface area (Å²) in [4.78, 5) is 10.0. The fraction of sp³-hybridized carbons (Fsp3) is 0.161. The van der Waals surface area contributed by atoms with Crippen molar-refractivity contribution in [3.63, 3.8) is 0 Å². The molecule has 2 nitrogen and oxygen atoms in total. The molecule has 4 aromatic carbocycles. The predicted molar refractivity (Wildman–Crippen MR) is 140 cm³/mol. The van der Waals surface area contributed by atoms with Gasteiger partial charge in [0.15, 0.2) is 0 Å². The Morgan fingerprint density at radius 1 is 0.515 bits per heavy atom. The third kappa shape index (κ3) is 3.34. The molecule has 0 amide bonds. The van der Waals surface area contributed by atoms with Crippen molar-refractivity contribution in [1.29, 1.82) is 0 Å². The summed E-state index contributed by atoms with van der Waals surface area (Å²) >= 11 is 0. The number of para-hydroxylation sites is 4. The van der Waals surface area contributed by atoms with Crippen molar-refractivity contribution in [2.45, 2.75) is 32.1 Å². The molecule has 0 unspecified atom stereocenters. The summed E-state index contributed by atoms with van der Waals surface area (Å²) in [6, 6.07) is 34.5. The number of rotatable bonds is 5. The van der Waals surface area contributed by atoms with Crippen LogP contribution in [0.1, 0.15) is 43.2 Å². The van der Waals surface area contributed by atoms with Crippen molar-refractivity contribution < 1.29 is 0 Å². The number of pyridine rings is 2. The molecule has 0 fully saturated rings. The van der Waals surface area contributed by atoms with Gasteiger partial charge < -0.3 is 0 Å². The van der Waals surface area contributed by atoms with Crippen LogP contribution in [0.2, 0.25) is 0 Å². The van der Waals surface area contributed by atoms with Gasteiger partial charge in [-0.15, -0.1) is 0 Å². The number of nitrogens with zero attached hydrogens (tertiary/aromatic N) is 2. The molecule has 0 spiro atoms. The van der Waals surface area contributed by atoms with Gasteiger partial charge in [-0.3, -0.25) is 0 Å². The van der Waals surface area contributed by atoms with Crippen LogP contribution in [0.5, 0.6) is 0 Å². The van der Waals surface area contributed by atoms with Gasteiger partial charge in [0.1, 0.15) is 0 Å². The second-order valence-electron chi connectivity index (χ2n) is 8.81. The molecule has 160 valence electrons. The fourth-order valence-corrected chi connectivity index (χ4v) is 5.34. The first-order valence-electron chi connectivity index (χ1n) is 11.9. The van der Waals surface area contributed by atoms with Gasteiger partial charge in [-0.05, 0) is 41.8 Å². The van der Waals surface area contributed by atoms with Crippen molar-refractivity contribution >= 4 is 43.6 Å². The van der Waals surface area contributed by atoms with Crippen molar-refractivity contribution in [1.82, 2.24) is 9.97 Å². The van der Waals surface area contributed by atoms with Crippen LogP contribution >= 0.6 is 0 Å². The molecule has 6 aromatic rings. The van der Waals surface area contributed by atoms with E-state index in [-0.39, 0.29) is 5.92 Å². The molecule has 2 heterocycles. The van der Waals surface area contributed by atoms with Gasteiger partial charge in [-0.25, -0.2) is 9.97 Å². The van der Waals surface area contributed by atoms with E-state index in [4.69, 9.17) is 9.97 Å². The molecule has 0 aliphatic carbocycles. The number of hydrogen-bond acceptors (Lipinski definition) is 2. The first-order chi connectivity index (χ1) is 16.3. The lowest BCUT2D eigenvalue weighted by molar-refractivity contribution is 0.661. The van der Waals surface area contributed by atoms with Gasteiger partial charge in [-0.2, -0.15) is 0 Å². The Balaban J connectivity index is 1.78. The standard InChI is InChI=1S/C31H26N2/c1-2-3-12-25(30-21-13-4-8-17-26(21)32-27-18-9-5-14-22(27)30)31-23-15-6-10-19-28(23)33-29-20-11-7-16-24(29)31/h4-11,13-20,25H,2-3,12H2,1H3. The molecule has 0 saturated heterocycles. The highest BCUT2D eigenvalue weighted by atomic mass is 14.7. The first kappa shape index (κ1) is 19.9. The molecule has 0 bridgehead atoms. The number of hydrogen-bond donors (Lipinski definition) is 0. The van der Waals surface area contributed by atoms with Crippen molar-refractivity contribution in [3.05, 3.63) is 108 Å². The molecule has 0 N–H and O–H groups in total. The molecule has 2 aromatic heterocycles. The maximum absolute atomic E-state index is 5.01. The van der Waals surface area contributed by atoms with Gasteiger partial charge in [0, 0.05) is 27.5 Å². The molecule has 6 rings (SSSR count). The molecule has 2 heteroatoms. The third-order valence-electron chi connectivity index (χ3n) is 6.80. The van der Waals surface area contributed by atoms with E-state index in [0.717, 1.165) is 28.5 Å². The van der Waals surface area contributed by atoms with Gasteiger partial charge in [0.2, 0.25) is 0 Å². The van der Waals surface area contributed by atoms with E-state index >= 15 is 0 Å². The number of unbranched alkanes of at least 4 members (excludes halogenated alkanes) is 1. The highest BCUT2D eigenvalue weighted by Gasteiger charge is 2.24. The topological polar surface area (TPSA) is 25.8 Å². The smallest absolute Gasteiger partial charge is 0.0712 e. The summed E-state index contributed by atoms with van der Waals surface area (Å²) in [5.74, 6) is 0.251. The zero-order valence-electron chi connectivity index (χ0n) is 18.8. The molecule has 0 radical (unpaired) electrons. The average molecular weight is 427 g/mol. The summed E-state index contributed by atoms with van der Waals surface area (Å²) in [5.41, 5.74) is 7.05. The van der Waals surface area contributed by atoms with Crippen LogP contribution in [-0.4, -0.2) is 9.97 Å². The number of fused-ring (bicyclic) bond motifs is 4. The number of benzene rings is 4. The summed E-state index contributed by atoms with van der Waals surface area (Å²) < 4.78 is 0. The first-order valence-corrected chi connectivity index (χ1v) is 11.9. The van der Waals surface area contributed by atoms with Gasteiger partial charge in [0.05, 0.1) is 22.1 Å². The summed E-state index contributed by atoms with van der Waals surface area (Å²) in [7, 11) is 0. The van der Waals surface area contributed by atoms with E-state index in [1.807, 2.05) is 0 Å². The van der Waals surface area contributed by atoms with Crippen molar-refractivity contribution in [2.24, 2.45) is 0 Å². The van der Waals surface area contributed by atoms with Crippen molar-refractivity contribution in [3.8, 4) is 0 Å². The van der Waals surface area contributed by atoms with Gasteiger partial charge in [0.25, 0.3) is 0 Å². The Labute approximate surface area is 193 Å². The summed E-state index contributed by atoms with van der Waals surface area (Å²) in [6.07, 6.45) is 3.42. The lowest BCUT2D eigenvalue weighted by Crippen LogP contribution is -2.07. The van der Waals surface area contributed by atoms with Gasteiger partial charge in [-0.1, -0.05) is 92.6 Å². The largest absolute Gasteiger partial charge is 0.248 e. The van der Waals surface area contributed by atoms with Crippen LogP contribution in [0.25, 0.3) is 43.6 Å². The van der Waals surface area contributed by atoms with E-state index in [0.29, 0.717) is 0 Å². The molecule has 33 heavy (non-hydrogen) atoms. The van der Waals surface area contributed by atoms with Crippen LogP contribution < -0.4 is 0 Å². The minimum atomic E-state index is 0.251. The van der Waals surface area contributed by atoms with E-state index in [1.165, 1.54) is 45.5 Å². The lowest BCUT2D eigenvalue weighted by Gasteiger charge is -2.25. The normalized spacial score (nSPS) is 11.8. The minimum Gasteiger partial charge on any atom is -0.248 e. The highest BCUT2D eigenvalue weighted by Crippen LogP contribution is 2.43. The van der Waals surface area contributed by atoms with Crippen LogP contribution in [0.3, 0.4) is 0 Å². The Hall–Kier alpha value is -3.78. The van der Waals surface area contributed by atoms with Crippen molar-refractivity contribution in [2.75, 3.05) is 0 Å². The van der Waals surface area contributed by atoms with E-state index in [9.17, 15) is 0 Å².